The highest BCUT2D eigenvalue weighted by Crippen LogP contribution is 2.38. The zero-order valence-corrected chi connectivity index (χ0v) is 28.3. The van der Waals surface area contributed by atoms with Gasteiger partial charge in [0.25, 0.3) is 5.91 Å². The number of carbonyl (C=O) groups is 2. The summed E-state index contributed by atoms with van der Waals surface area (Å²) in [6.07, 6.45) is 8.53. The molecule has 2 fully saturated rings. The van der Waals surface area contributed by atoms with Crippen LogP contribution >= 0.6 is 0 Å². The lowest BCUT2D eigenvalue weighted by molar-refractivity contribution is -0.131. The number of aromatic nitrogens is 4. The van der Waals surface area contributed by atoms with Crippen molar-refractivity contribution < 1.29 is 19.2 Å². The number of anilines is 1. The number of hydrogen-bond acceptors (Lipinski definition) is 8. The molecule has 1 aliphatic heterocycles. The summed E-state index contributed by atoms with van der Waals surface area (Å²) in [7, 11) is 5.49. The average molecular weight is 650 g/mol. The van der Waals surface area contributed by atoms with Crippen molar-refractivity contribution in [1.82, 2.24) is 28.7 Å². The summed E-state index contributed by atoms with van der Waals surface area (Å²) >= 11 is 0. The molecule has 0 N–H and O–H groups in total. The second-order valence-electron chi connectivity index (χ2n) is 13.1. The molecule has 0 spiro atoms. The second-order valence-corrected chi connectivity index (χ2v) is 13.1. The minimum atomic E-state index is -0.421. The maximum absolute atomic E-state index is 13.8. The van der Waals surface area contributed by atoms with Crippen LogP contribution in [0.1, 0.15) is 60.5 Å². The SMILES string of the molecule is CON(C(=O)c1cc2c(OC(C)=O)cccc2n1C)c1ccc(-c2nc(C3CCC(N4CCN(C)CC4)CC3)n3ccnc(C)c23)cc1. The highest BCUT2D eigenvalue weighted by Gasteiger charge is 2.31. The molecule has 0 radical (unpaired) electrons. The van der Waals surface area contributed by atoms with E-state index >= 15 is 0 Å². The van der Waals surface area contributed by atoms with Crippen LogP contribution in [0.25, 0.3) is 27.7 Å². The van der Waals surface area contributed by atoms with Crippen LogP contribution in [-0.4, -0.2) is 87.0 Å². The second kappa shape index (κ2) is 13.1. The van der Waals surface area contributed by atoms with E-state index in [1.54, 1.807) is 29.8 Å². The maximum atomic E-state index is 13.8. The number of fused-ring (bicyclic) bond motifs is 2. The molecule has 48 heavy (non-hydrogen) atoms. The third kappa shape index (κ3) is 5.86. The highest BCUT2D eigenvalue weighted by molar-refractivity contribution is 6.07. The Hall–Kier alpha value is -4.58. The fourth-order valence-corrected chi connectivity index (χ4v) is 7.54. The normalized spacial score (nSPS) is 19.2. The minimum absolute atomic E-state index is 0.348. The van der Waals surface area contributed by atoms with Crippen LogP contribution in [-0.2, 0) is 16.7 Å². The van der Waals surface area contributed by atoms with Crippen LogP contribution < -0.4 is 9.80 Å². The molecule has 0 atom stereocenters. The number of ether oxygens (including phenoxy) is 1. The molecule has 1 amide bonds. The zero-order chi connectivity index (χ0) is 33.5. The summed E-state index contributed by atoms with van der Waals surface area (Å²) in [6.45, 7) is 8.01. The summed E-state index contributed by atoms with van der Waals surface area (Å²) in [5.74, 6) is 1.13. The fourth-order valence-electron chi connectivity index (χ4n) is 7.54. The molecule has 5 aromatic rings. The summed E-state index contributed by atoms with van der Waals surface area (Å²) in [5, 5.41) is 1.94. The van der Waals surface area contributed by atoms with Crippen LogP contribution in [0, 0.1) is 6.92 Å². The fraction of sp³-hybridized carbons (Fsp3) is 0.405. The number of rotatable bonds is 7. The lowest BCUT2D eigenvalue weighted by atomic mass is 9.84. The monoisotopic (exact) mass is 649 g/mol. The Morgan fingerprint density at radius 3 is 2.38 bits per heavy atom. The van der Waals surface area contributed by atoms with Gasteiger partial charge in [0, 0.05) is 75.5 Å². The maximum Gasteiger partial charge on any atom is 0.308 e. The van der Waals surface area contributed by atoms with Crippen molar-refractivity contribution in [3.8, 4) is 17.0 Å². The third-order valence-corrected chi connectivity index (χ3v) is 10.1. The molecule has 1 aliphatic carbocycles. The molecule has 0 unspecified atom stereocenters. The van der Waals surface area contributed by atoms with Gasteiger partial charge in [-0.2, -0.15) is 5.06 Å². The lowest BCUT2D eigenvalue weighted by Gasteiger charge is -2.41. The van der Waals surface area contributed by atoms with Crippen molar-refractivity contribution in [3.05, 3.63) is 78.1 Å². The van der Waals surface area contributed by atoms with E-state index in [1.807, 2.05) is 49.6 Å². The van der Waals surface area contributed by atoms with Gasteiger partial charge < -0.3 is 14.2 Å². The van der Waals surface area contributed by atoms with Gasteiger partial charge in [0.15, 0.2) is 0 Å². The van der Waals surface area contributed by atoms with Crippen LogP contribution in [0.4, 0.5) is 5.69 Å². The van der Waals surface area contributed by atoms with Gasteiger partial charge in [0.1, 0.15) is 17.3 Å². The first-order valence-corrected chi connectivity index (χ1v) is 16.8. The number of aryl methyl sites for hydroxylation is 2. The topological polar surface area (TPSA) is 97.4 Å². The van der Waals surface area contributed by atoms with Gasteiger partial charge in [0.2, 0.25) is 0 Å². The van der Waals surface area contributed by atoms with Gasteiger partial charge in [-0.15, -0.1) is 0 Å². The van der Waals surface area contributed by atoms with Gasteiger partial charge in [-0.25, -0.2) is 4.98 Å². The number of hydrogen-bond donors (Lipinski definition) is 0. The minimum Gasteiger partial charge on any atom is -0.426 e. The molecular formula is C37H43N7O4. The third-order valence-electron chi connectivity index (χ3n) is 10.1. The Balaban J connectivity index is 1.14. The Bertz CT molecular complexity index is 1970. The van der Waals surface area contributed by atoms with Crippen molar-refractivity contribution >= 4 is 34.0 Å². The predicted octanol–water partition coefficient (Wildman–Crippen LogP) is 5.60. The highest BCUT2D eigenvalue weighted by atomic mass is 16.7. The van der Waals surface area contributed by atoms with Crippen molar-refractivity contribution in [1.29, 1.82) is 0 Å². The number of amides is 1. The number of likely N-dealkylation sites (N-methyl/N-ethyl adjacent to an activating group) is 1. The van der Waals surface area contributed by atoms with Crippen LogP contribution in [0.5, 0.6) is 5.75 Å². The van der Waals surface area contributed by atoms with Gasteiger partial charge in [-0.05, 0) is 70.0 Å². The van der Waals surface area contributed by atoms with Crippen LogP contribution in [0.3, 0.4) is 0 Å². The van der Waals surface area contributed by atoms with Crippen LogP contribution in [0.15, 0.2) is 60.9 Å². The molecule has 7 rings (SSSR count). The molecule has 3 aromatic heterocycles. The quantitative estimate of drug-likeness (QED) is 0.128. The van der Waals surface area contributed by atoms with Crippen LogP contribution in [0.2, 0.25) is 0 Å². The van der Waals surface area contributed by atoms with E-state index in [1.165, 1.54) is 31.9 Å². The molecule has 11 heteroatoms. The van der Waals surface area contributed by atoms with Crippen molar-refractivity contribution in [2.75, 3.05) is 45.4 Å². The summed E-state index contributed by atoms with van der Waals surface area (Å²) in [6, 6.07) is 15.5. The smallest absolute Gasteiger partial charge is 0.308 e. The molecule has 4 heterocycles. The molecule has 0 bridgehead atoms. The number of nitrogens with zero attached hydrogens (tertiary/aromatic N) is 7. The first kappa shape index (κ1) is 32.0. The van der Waals surface area contributed by atoms with E-state index in [0.717, 1.165) is 72.8 Å². The van der Waals surface area contributed by atoms with Gasteiger partial charge in [-0.3, -0.25) is 28.7 Å². The van der Waals surface area contributed by atoms with E-state index in [4.69, 9.17) is 14.6 Å². The Kier molecular flexibility index (Phi) is 8.76. The molecule has 2 aromatic carbocycles. The first-order chi connectivity index (χ1) is 23.2. The van der Waals surface area contributed by atoms with Crippen molar-refractivity contribution in [3.63, 3.8) is 0 Å². The lowest BCUT2D eigenvalue weighted by Crippen LogP contribution is -2.49. The Morgan fingerprint density at radius 2 is 1.69 bits per heavy atom. The number of esters is 1. The molecule has 11 nitrogen and oxygen atoms in total. The number of piperazine rings is 1. The average Bonchev–Trinajstić information content (AvgIpc) is 3.65. The predicted molar refractivity (Wildman–Crippen MR) is 185 cm³/mol. The van der Waals surface area contributed by atoms with E-state index < -0.39 is 5.97 Å². The molecule has 1 saturated carbocycles. The van der Waals surface area contributed by atoms with E-state index in [-0.39, 0.29) is 5.91 Å². The summed E-state index contributed by atoms with van der Waals surface area (Å²) in [4.78, 5) is 46.1. The summed E-state index contributed by atoms with van der Waals surface area (Å²) in [5.41, 5.74) is 5.53. The van der Waals surface area contributed by atoms with Gasteiger partial charge in [-0.1, -0.05) is 18.2 Å². The van der Waals surface area contributed by atoms with E-state index in [9.17, 15) is 9.59 Å². The number of benzene rings is 2. The summed E-state index contributed by atoms with van der Waals surface area (Å²) < 4.78 is 9.40. The molecule has 1 saturated heterocycles. The van der Waals surface area contributed by atoms with Crippen molar-refractivity contribution in [2.45, 2.75) is 51.5 Å². The number of carbonyl (C=O) groups excluding carboxylic acids is 2. The number of imidazole rings is 1. The standard InChI is InChI=1S/C37H43N7O4/c1-24-35-34(39-36(43(35)18-17-38-24)27-11-13-28(14-12-27)42-21-19-40(3)20-22-42)26-9-15-29(16-10-26)44(47-5)37(46)32-23-30-31(41(32)4)7-6-8-33(30)48-25(2)45/h6-10,15-18,23,27-28H,11-14,19-22H2,1-5H3. The van der Waals surface area contributed by atoms with E-state index in [2.05, 4.69) is 26.2 Å². The Labute approximate surface area is 280 Å². The van der Waals surface area contributed by atoms with E-state index in [0.29, 0.717) is 34.5 Å². The Morgan fingerprint density at radius 1 is 0.958 bits per heavy atom. The van der Waals surface area contributed by atoms with Gasteiger partial charge >= 0.3 is 5.97 Å². The van der Waals surface area contributed by atoms with Crippen molar-refractivity contribution in [2.24, 2.45) is 7.05 Å². The molecule has 250 valence electrons. The zero-order valence-electron chi connectivity index (χ0n) is 28.3. The first-order valence-electron chi connectivity index (χ1n) is 16.8. The largest absolute Gasteiger partial charge is 0.426 e. The molecular weight excluding hydrogens is 606 g/mol. The molecule has 2 aliphatic rings. The van der Waals surface area contributed by atoms with Gasteiger partial charge in [0.05, 0.1) is 35.2 Å². The number of hydroxylamine groups is 1.